The van der Waals surface area contributed by atoms with Crippen molar-refractivity contribution in [3.8, 4) is 21.7 Å². The molecule has 31 heavy (non-hydrogen) atoms. The van der Waals surface area contributed by atoms with Gasteiger partial charge in [0.2, 0.25) is 5.71 Å². The van der Waals surface area contributed by atoms with E-state index in [0.717, 1.165) is 43.7 Å². The fraction of sp³-hybridized carbons (Fsp3) is 0.111. The van der Waals surface area contributed by atoms with E-state index in [1.807, 2.05) is 31.2 Å². The minimum absolute atomic E-state index is 0.708. The maximum absolute atomic E-state index is 6.21. The van der Waals surface area contributed by atoms with Gasteiger partial charge in [-0.15, -0.1) is 11.3 Å². The van der Waals surface area contributed by atoms with Gasteiger partial charge in [-0.05, 0) is 62.7 Å². The number of furan rings is 1. The number of hydrogen-bond acceptors (Lipinski definition) is 4. The third-order valence-electron chi connectivity index (χ3n) is 5.90. The van der Waals surface area contributed by atoms with E-state index >= 15 is 0 Å². The maximum Gasteiger partial charge on any atom is 0.227 e. The van der Waals surface area contributed by atoms with Gasteiger partial charge in [-0.2, -0.15) is 0 Å². The minimum atomic E-state index is 0.708. The fourth-order valence-electron chi connectivity index (χ4n) is 4.40. The molecular formula is C27H20N2OS. The number of thiophene rings is 1. The Balaban J connectivity index is 1.54. The Morgan fingerprint density at radius 3 is 2.48 bits per heavy atom. The van der Waals surface area contributed by atoms with Crippen LogP contribution < -0.4 is 0 Å². The number of aromatic nitrogens is 2. The summed E-state index contributed by atoms with van der Waals surface area (Å²) in [5.41, 5.74) is 8.36. The zero-order chi connectivity index (χ0) is 21.1. The fourth-order valence-corrected chi connectivity index (χ4v) is 5.60. The van der Waals surface area contributed by atoms with Crippen LogP contribution in [0.4, 0.5) is 0 Å². The highest BCUT2D eigenvalue weighted by molar-refractivity contribution is 7.21. The first kappa shape index (κ1) is 18.3. The molecule has 150 valence electrons. The van der Waals surface area contributed by atoms with Crippen LogP contribution in [0.1, 0.15) is 16.8 Å². The lowest BCUT2D eigenvalue weighted by Gasteiger charge is -2.08. The molecule has 0 aliphatic carbocycles. The van der Waals surface area contributed by atoms with Gasteiger partial charge in [0.1, 0.15) is 10.4 Å². The number of rotatable bonds is 2. The highest BCUT2D eigenvalue weighted by Crippen LogP contribution is 2.41. The summed E-state index contributed by atoms with van der Waals surface area (Å²) in [6.45, 7) is 6.31. The molecule has 0 amide bonds. The van der Waals surface area contributed by atoms with Crippen molar-refractivity contribution in [2.75, 3.05) is 0 Å². The number of aryl methyl sites for hydroxylation is 3. The predicted octanol–water partition coefficient (Wildman–Crippen LogP) is 7.85. The highest BCUT2D eigenvalue weighted by Gasteiger charge is 2.18. The highest BCUT2D eigenvalue weighted by atomic mass is 32.1. The Morgan fingerprint density at radius 1 is 0.806 bits per heavy atom. The van der Waals surface area contributed by atoms with E-state index in [9.17, 15) is 0 Å². The summed E-state index contributed by atoms with van der Waals surface area (Å²) >= 11 is 1.74. The van der Waals surface area contributed by atoms with E-state index in [0.29, 0.717) is 5.71 Å². The smallest absolute Gasteiger partial charge is 0.227 e. The van der Waals surface area contributed by atoms with Crippen LogP contribution >= 0.6 is 11.3 Å². The van der Waals surface area contributed by atoms with Gasteiger partial charge in [0.15, 0.2) is 0 Å². The molecule has 0 radical (unpaired) electrons. The van der Waals surface area contributed by atoms with E-state index < -0.39 is 0 Å². The van der Waals surface area contributed by atoms with Crippen LogP contribution in [0.5, 0.6) is 0 Å². The monoisotopic (exact) mass is 420 g/mol. The van der Waals surface area contributed by atoms with Crippen LogP contribution in [0.2, 0.25) is 0 Å². The number of hydrogen-bond donors (Lipinski definition) is 0. The summed E-state index contributed by atoms with van der Waals surface area (Å²) in [5, 5.41) is 3.37. The molecule has 0 bridgehead atoms. The van der Waals surface area contributed by atoms with Crippen LogP contribution in [-0.4, -0.2) is 9.97 Å². The summed E-state index contributed by atoms with van der Waals surface area (Å²) in [6, 6.07) is 23.2. The van der Waals surface area contributed by atoms with Gasteiger partial charge >= 0.3 is 0 Å². The van der Waals surface area contributed by atoms with Crippen molar-refractivity contribution in [2.24, 2.45) is 0 Å². The number of nitrogens with zero attached hydrogens (tertiary/aromatic N) is 2. The first-order valence-corrected chi connectivity index (χ1v) is 11.2. The van der Waals surface area contributed by atoms with Gasteiger partial charge in [0.05, 0.1) is 5.69 Å². The van der Waals surface area contributed by atoms with Crippen molar-refractivity contribution in [1.29, 1.82) is 0 Å². The van der Waals surface area contributed by atoms with E-state index in [-0.39, 0.29) is 0 Å². The Bertz CT molecular complexity index is 1610. The number of benzene rings is 2. The molecule has 6 rings (SSSR count). The van der Waals surface area contributed by atoms with E-state index in [4.69, 9.17) is 9.40 Å². The Morgan fingerprint density at radius 2 is 1.65 bits per heavy atom. The van der Waals surface area contributed by atoms with Crippen molar-refractivity contribution < 1.29 is 4.42 Å². The molecule has 0 unspecified atom stereocenters. The lowest BCUT2D eigenvalue weighted by atomic mass is 9.97. The quantitative estimate of drug-likeness (QED) is 0.286. The lowest BCUT2D eigenvalue weighted by Crippen LogP contribution is -1.86. The maximum atomic E-state index is 6.21. The molecule has 6 aromatic rings. The number of pyridine rings is 2. The normalized spacial score (nSPS) is 11.7. The minimum Gasteiger partial charge on any atom is -0.437 e. The van der Waals surface area contributed by atoms with Crippen LogP contribution in [0.3, 0.4) is 0 Å². The molecule has 3 nitrogen and oxygen atoms in total. The van der Waals surface area contributed by atoms with Gasteiger partial charge in [-0.3, -0.25) is 0 Å². The van der Waals surface area contributed by atoms with E-state index in [1.54, 1.807) is 11.3 Å². The third kappa shape index (κ3) is 2.87. The second-order valence-corrected chi connectivity index (χ2v) is 9.08. The van der Waals surface area contributed by atoms with Gasteiger partial charge in [0, 0.05) is 43.4 Å². The molecule has 4 heteroatoms. The third-order valence-corrected chi connectivity index (χ3v) is 6.96. The summed E-state index contributed by atoms with van der Waals surface area (Å²) in [4.78, 5) is 11.8. The summed E-state index contributed by atoms with van der Waals surface area (Å²) in [6.07, 6.45) is 0. The van der Waals surface area contributed by atoms with Gasteiger partial charge in [0.25, 0.3) is 0 Å². The predicted molar refractivity (Wildman–Crippen MR) is 130 cm³/mol. The van der Waals surface area contributed by atoms with Crippen molar-refractivity contribution in [3.63, 3.8) is 0 Å². The lowest BCUT2D eigenvalue weighted by molar-refractivity contribution is 0.650. The Hall–Kier alpha value is -3.50. The van der Waals surface area contributed by atoms with Crippen molar-refractivity contribution >= 4 is 43.6 Å². The molecule has 0 saturated carbocycles. The first-order chi connectivity index (χ1) is 15.1. The van der Waals surface area contributed by atoms with Gasteiger partial charge < -0.3 is 4.42 Å². The van der Waals surface area contributed by atoms with Crippen molar-refractivity contribution in [3.05, 3.63) is 83.6 Å². The Kier molecular flexibility index (Phi) is 3.99. The van der Waals surface area contributed by atoms with Gasteiger partial charge in [-0.1, -0.05) is 30.3 Å². The summed E-state index contributed by atoms with van der Waals surface area (Å²) in [5.74, 6) is 0. The zero-order valence-electron chi connectivity index (χ0n) is 17.6. The van der Waals surface area contributed by atoms with Crippen LogP contribution in [0, 0.1) is 20.8 Å². The number of fused-ring (bicyclic) bond motifs is 4. The first-order valence-electron chi connectivity index (χ1n) is 10.3. The molecule has 0 N–H and O–H groups in total. The second kappa shape index (κ2) is 6.76. The molecule has 0 aliphatic rings. The topological polar surface area (TPSA) is 38.9 Å². The SMILES string of the molecule is Cc1ccc2c(n1)oc1c(C)c(-c3cc4ccc(-c5ccccc5)nc4s3)c(C)cc12. The van der Waals surface area contributed by atoms with Gasteiger partial charge in [-0.25, -0.2) is 9.97 Å². The molecule has 0 aliphatic heterocycles. The Labute approximate surface area is 184 Å². The zero-order valence-corrected chi connectivity index (χ0v) is 18.4. The average Bonchev–Trinajstić information content (AvgIpc) is 3.35. The molecular weight excluding hydrogens is 400 g/mol. The molecule has 0 spiro atoms. The largest absolute Gasteiger partial charge is 0.437 e. The average molecular weight is 421 g/mol. The van der Waals surface area contributed by atoms with Crippen molar-refractivity contribution in [1.82, 2.24) is 9.97 Å². The molecule has 2 aromatic carbocycles. The molecule has 0 atom stereocenters. The summed E-state index contributed by atoms with van der Waals surface area (Å²) in [7, 11) is 0. The molecule has 4 heterocycles. The summed E-state index contributed by atoms with van der Waals surface area (Å²) < 4.78 is 6.21. The second-order valence-electron chi connectivity index (χ2n) is 8.05. The molecule has 0 saturated heterocycles. The van der Waals surface area contributed by atoms with Crippen LogP contribution in [0.15, 0.2) is 71.1 Å². The van der Waals surface area contributed by atoms with Crippen LogP contribution in [0.25, 0.3) is 54.0 Å². The standard InChI is InChI=1S/C27H20N2OS/c1-15-13-21-20-11-9-16(2)28-26(20)30-25(21)17(3)24(15)23-14-19-10-12-22(29-27(19)31-23)18-7-5-4-6-8-18/h4-14H,1-3H3. The molecule has 4 aromatic heterocycles. The van der Waals surface area contributed by atoms with E-state index in [1.165, 1.54) is 21.4 Å². The van der Waals surface area contributed by atoms with Crippen LogP contribution in [-0.2, 0) is 0 Å². The molecule has 0 fully saturated rings. The van der Waals surface area contributed by atoms with E-state index in [2.05, 4.69) is 61.3 Å². The van der Waals surface area contributed by atoms with Crippen molar-refractivity contribution in [2.45, 2.75) is 20.8 Å².